The molecule has 0 saturated carbocycles. The predicted molar refractivity (Wildman–Crippen MR) is 74.5 cm³/mol. The number of halogens is 2. The fraction of sp³-hybridized carbons (Fsp3) is 0.167. The molecule has 2 aromatic rings. The first-order valence-electron chi connectivity index (χ1n) is 4.91. The zero-order valence-corrected chi connectivity index (χ0v) is 11.4. The maximum atomic E-state index is 6.07. The average Bonchev–Trinajstić information content (AvgIpc) is 2.73. The highest BCUT2D eigenvalue weighted by molar-refractivity contribution is 7.97. The molecule has 2 rings (SSSR count). The average molecular weight is 287 g/mol. The van der Waals surface area contributed by atoms with Crippen LogP contribution in [-0.2, 0) is 5.75 Å². The summed E-state index contributed by atoms with van der Waals surface area (Å²) in [7, 11) is 0. The topological polar surface area (TPSA) is 25.2 Å². The number of furan rings is 1. The Balaban J connectivity index is 2.16. The molecular weight excluding hydrogens is 277 g/mol. The highest BCUT2D eigenvalue weighted by atomic mass is 35.5. The molecule has 1 aromatic carbocycles. The first kappa shape index (κ1) is 12.7. The molecule has 1 radical (unpaired) electrons. The number of anilines is 2. The first-order chi connectivity index (χ1) is 8.20. The Morgan fingerprint density at radius 1 is 1.41 bits per heavy atom. The third kappa shape index (κ3) is 3.12. The van der Waals surface area contributed by atoms with Gasteiger partial charge in [-0.15, -0.1) is 0 Å². The molecule has 5 heteroatoms. The smallest absolute Gasteiger partial charge is 0.195 e. The van der Waals surface area contributed by atoms with Gasteiger partial charge in [0.15, 0.2) is 6.26 Å². The van der Waals surface area contributed by atoms with Gasteiger partial charge in [0.05, 0.1) is 27.2 Å². The van der Waals surface area contributed by atoms with Crippen molar-refractivity contribution in [3.8, 4) is 0 Å². The van der Waals surface area contributed by atoms with E-state index in [0.717, 1.165) is 22.9 Å². The lowest BCUT2D eigenvalue weighted by Gasteiger charge is -2.06. The Morgan fingerprint density at radius 3 is 3.00 bits per heavy atom. The molecule has 0 unspecified atom stereocenters. The van der Waals surface area contributed by atoms with E-state index in [2.05, 4.69) is 11.6 Å². The number of hydrogen-bond acceptors (Lipinski definition) is 3. The zero-order valence-electron chi connectivity index (χ0n) is 9.09. The standard InChI is InChI=1S/C12H10Cl2NOS/c1-17-7-9-5-8(6-16-9)15-11-4-2-3-10(13)12(11)14/h2-5,15H,7H2,1H3. The molecule has 0 fully saturated rings. The second kappa shape index (κ2) is 5.71. The van der Waals surface area contributed by atoms with Crippen molar-refractivity contribution in [2.24, 2.45) is 0 Å². The molecule has 0 bridgehead atoms. The van der Waals surface area contributed by atoms with Crippen molar-refractivity contribution in [2.75, 3.05) is 11.6 Å². The Hall–Kier alpha value is -0.770. The van der Waals surface area contributed by atoms with Crippen LogP contribution in [0.25, 0.3) is 0 Å². The van der Waals surface area contributed by atoms with E-state index in [1.807, 2.05) is 24.5 Å². The van der Waals surface area contributed by atoms with E-state index in [-0.39, 0.29) is 0 Å². The summed E-state index contributed by atoms with van der Waals surface area (Å²) in [5.74, 6) is 1.69. The van der Waals surface area contributed by atoms with Crippen LogP contribution in [0.2, 0.25) is 10.0 Å². The lowest BCUT2D eigenvalue weighted by Crippen LogP contribution is -1.89. The largest absolute Gasteiger partial charge is 0.455 e. The van der Waals surface area contributed by atoms with Crippen molar-refractivity contribution in [1.29, 1.82) is 0 Å². The number of benzene rings is 1. The van der Waals surface area contributed by atoms with Crippen LogP contribution in [0.4, 0.5) is 11.4 Å². The molecule has 1 heterocycles. The third-order valence-electron chi connectivity index (χ3n) is 2.10. The van der Waals surface area contributed by atoms with Crippen LogP contribution in [0, 0.1) is 6.26 Å². The summed E-state index contributed by atoms with van der Waals surface area (Å²) in [6, 6.07) is 7.32. The molecule has 0 aliphatic rings. The summed E-state index contributed by atoms with van der Waals surface area (Å²) < 4.78 is 5.26. The van der Waals surface area contributed by atoms with Crippen molar-refractivity contribution >= 4 is 46.3 Å². The molecule has 89 valence electrons. The summed E-state index contributed by atoms with van der Waals surface area (Å²) in [6.45, 7) is 0. The fourth-order valence-corrected chi connectivity index (χ4v) is 2.14. The number of hydrogen-bond donors (Lipinski definition) is 1. The molecule has 0 spiro atoms. The summed E-state index contributed by atoms with van der Waals surface area (Å²) in [6.07, 6.45) is 4.80. The van der Waals surface area contributed by atoms with Crippen molar-refractivity contribution in [3.05, 3.63) is 46.3 Å². The van der Waals surface area contributed by atoms with E-state index in [9.17, 15) is 0 Å². The summed E-state index contributed by atoms with van der Waals surface area (Å²) >= 11 is 13.7. The first-order valence-corrected chi connectivity index (χ1v) is 7.06. The zero-order chi connectivity index (χ0) is 12.3. The van der Waals surface area contributed by atoms with Gasteiger partial charge in [-0.1, -0.05) is 29.3 Å². The molecule has 0 saturated heterocycles. The van der Waals surface area contributed by atoms with Gasteiger partial charge < -0.3 is 9.73 Å². The maximum Gasteiger partial charge on any atom is 0.195 e. The number of thioether (sulfide) groups is 1. The lowest BCUT2D eigenvalue weighted by molar-refractivity contribution is 0.523. The predicted octanol–water partition coefficient (Wildman–Crippen LogP) is 4.99. The van der Waals surface area contributed by atoms with Gasteiger partial charge in [0, 0.05) is 6.07 Å². The molecule has 0 amide bonds. The number of nitrogens with one attached hydrogen (secondary N) is 1. The Kier molecular flexibility index (Phi) is 4.26. The third-order valence-corrected chi connectivity index (χ3v) is 3.50. The van der Waals surface area contributed by atoms with Crippen LogP contribution in [-0.4, -0.2) is 6.26 Å². The quantitative estimate of drug-likeness (QED) is 0.857. The van der Waals surface area contributed by atoms with E-state index in [4.69, 9.17) is 27.6 Å². The van der Waals surface area contributed by atoms with Crippen molar-refractivity contribution in [1.82, 2.24) is 0 Å². The van der Waals surface area contributed by atoms with E-state index in [1.54, 1.807) is 17.8 Å². The molecule has 2 nitrogen and oxygen atoms in total. The summed E-state index contributed by atoms with van der Waals surface area (Å²) in [5, 5.41) is 4.13. The van der Waals surface area contributed by atoms with Gasteiger partial charge in [0.25, 0.3) is 0 Å². The van der Waals surface area contributed by atoms with E-state index in [1.165, 1.54) is 0 Å². The van der Waals surface area contributed by atoms with Gasteiger partial charge in [0.1, 0.15) is 5.76 Å². The van der Waals surface area contributed by atoms with Crippen LogP contribution >= 0.6 is 35.0 Å². The Bertz CT molecular complexity index is 513. The Morgan fingerprint density at radius 2 is 2.24 bits per heavy atom. The van der Waals surface area contributed by atoms with Gasteiger partial charge in [0.2, 0.25) is 0 Å². The van der Waals surface area contributed by atoms with Gasteiger partial charge in [-0.2, -0.15) is 11.8 Å². The minimum atomic E-state index is 0.496. The second-order valence-electron chi connectivity index (χ2n) is 3.39. The van der Waals surface area contributed by atoms with Gasteiger partial charge in [-0.05, 0) is 18.4 Å². The molecule has 0 aliphatic carbocycles. The van der Waals surface area contributed by atoms with E-state index < -0.39 is 0 Å². The van der Waals surface area contributed by atoms with Crippen LogP contribution < -0.4 is 5.32 Å². The Labute approximate surface area is 114 Å². The molecular formula is C12H10Cl2NOS. The number of rotatable bonds is 4. The van der Waals surface area contributed by atoms with Crippen LogP contribution in [0.5, 0.6) is 0 Å². The highest BCUT2D eigenvalue weighted by Gasteiger charge is 2.07. The minimum Gasteiger partial charge on any atom is -0.455 e. The van der Waals surface area contributed by atoms with E-state index in [0.29, 0.717) is 10.0 Å². The molecule has 0 atom stereocenters. The highest BCUT2D eigenvalue weighted by Crippen LogP contribution is 2.32. The lowest BCUT2D eigenvalue weighted by atomic mass is 10.3. The molecule has 0 aliphatic heterocycles. The maximum absolute atomic E-state index is 6.07. The molecule has 17 heavy (non-hydrogen) atoms. The molecule has 1 aromatic heterocycles. The second-order valence-corrected chi connectivity index (χ2v) is 5.04. The van der Waals surface area contributed by atoms with Gasteiger partial charge >= 0.3 is 0 Å². The fourth-order valence-electron chi connectivity index (χ4n) is 1.36. The van der Waals surface area contributed by atoms with Crippen molar-refractivity contribution in [3.63, 3.8) is 0 Å². The normalized spacial score (nSPS) is 10.5. The van der Waals surface area contributed by atoms with Crippen LogP contribution in [0.3, 0.4) is 0 Å². The van der Waals surface area contributed by atoms with Gasteiger partial charge in [-0.3, -0.25) is 0 Å². The van der Waals surface area contributed by atoms with Crippen molar-refractivity contribution < 1.29 is 4.42 Å². The van der Waals surface area contributed by atoms with E-state index >= 15 is 0 Å². The summed E-state index contributed by atoms with van der Waals surface area (Å²) in [4.78, 5) is 0. The van der Waals surface area contributed by atoms with Crippen molar-refractivity contribution in [2.45, 2.75) is 5.75 Å². The minimum absolute atomic E-state index is 0.496. The van der Waals surface area contributed by atoms with Crippen LogP contribution in [0.1, 0.15) is 5.76 Å². The SMILES string of the molecule is CSCc1cc(Nc2cccc(Cl)c2Cl)[c]o1. The monoisotopic (exact) mass is 286 g/mol. The molecule has 1 N–H and O–H groups in total. The van der Waals surface area contributed by atoms with Crippen LogP contribution in [0.15, 0.2) is 28.7 Å². The van der Waals surface area contributed by atoms with Gasteiger partial charge in [-0.25, -0.2) is 0 Å². The summed E-state index contributed by atoms with van der Waals surface area (Å²) in [5.41, 5.74) is 1.49.